The topological polar surface area (TPSA) is 86.8 Å². The SMILES string of the molecule is Cc1c(NC(=O)c2cccc(S(=O)(=O)N3CCCCC3C)c2)cccc1C(=O)N1CCCC1. The van der Waals surface area contributed by atoms with Gasteiger partial charge in [-0.15, -0.1) is 0 Å². The van der Waals surface area contributed by atoms with Gasteiger partial charge in [0.2, 0.25) is 10.0 Å². The molecule has 0 spiro atoms. The van der Waals surface area contributed by atoms with Gasteiger partial charge in [0, 0.05) is 42.5 Å². The number of hydrogen-bond acceptors (Lipinski definition) is 4. The number of anilines is 1. The average molecular weight is 470 g/mol. The van der Waals surface area contributed by atoms with E-state index in [2.05, 4.69) is 5.32 Å². The van der Waals surface area contributed by atoms with Gasteiger partial charge in [-0.05, 0) is 75.4 Å². The summed E-state index contributed by atoms with van der Waals surface area (Å²) in [4.78, 5) is 27.8. The molecule has 0 aliphatic carbocycles. The molecule has 2 aromatic carbocycles. The monoisotopic (exact) mass is 469 g/mol. The van der Waals surface area contributed by atoms with Crippen molar-refractivity contribution in [2.75, 3.05) is 25.0 Å². The van der Waals surface area contributed by atoms with Gasteiger partial charge >= 0.3 is 0 Å². The molecule has 176 valence electrons. The number of nitrogens with one attached hydrogen (secondary N) is 1. The molecule has 4 rings (SSSR count). The van der Waals surface area contributed by atoms with Gasteiger partial charge in [-0.1, -0.05) is 18.6 Å². The molecule has 1 N–H and O–H groups in total. The van der Waals surface area contributed by atoms with Gasteiger partial charge in [0.05, 0.1) is 4.90 Å². The van der Waals surface area contributed by atoms with E-state index >= 15 is 0 Å². The van der Waals surface area contributed by atoms with E-state index in [1.165, 1.54) is 16.4 Å². The highest BCUT2D eigenvalue weighted by Gasteiger charge is 2.31. The van der Waals surface area contributed by atoms with E-state index in [0.29, 0.717) is 23.4 Å². The molecule has 2 saturated heterocycles. The maximum atomic E-state index is 13.2. The van der Waals surface area contributed by atoms with E-state index in [1.807, 2.05) is 18.7 Å². The summed E-state index contributed by atoms with van der Waals surface area (Å²) in [6.45, 7) is 5.75. The second-order valence-corrected chi connectivity index (χ2v) is 10.8. The van der Waals surface area contributed by atoms with E-state index < -0.39 is 15.9 Å². The Morgan fingerprint density at radius 3 is 2.39 bits per heavy atom. The number of carbonyl (C=O) groups excluding carboxylic acids is 2. The van der Waals surface area contributed by atoms with Crippen molar-refractivity contribution in [1.82, 2.24) is 9.21 Å². The molecule has 0 radical (unpaired) electrons. The lowest BCUT2D eigenvalue weighted by Crippen LogP contribution is -2.41. The third kappa shape index (κ3) is 4.82. The van der Waals surface area contributed by atoms with Gasteiger partial charge in [0.1, 0.15) is 0 Å². The fraction of sp³-hybridized carbons (Fsp3) is 0.440. The number of sulfonamides is 1. The molecule has 2 aromatic rings. The summed E-state index contributed by atoms with van der Waals surface area (Å²) in [7, 11) is -3.67. The first-order valence-electron chi connectivity index (χ1n) is 11.6. The van der Waals surface area contributed by atoms with Crippen LogP contribution in [0.2, 0.25) is 0 Å². The van der Waals surface area contributed by atoms with E-state index in [-0.39, 0.29) is 22.4 Å². The van der Waals surface area contributed by atoms with Gasteiger partial charge in [-0.25, -0.2) is 8.42 Å². The lowest BCUT2D eigenvalue weighted by Gasteiger charge is -2.32. The van der Waals surface area contributed by atoms with Crippen molar-refractivity contribution in [3.8, 4) is 0 Å². The molecule has 8 heteroatoms. The molecule has 33 heavy (non-hydrogen) atoms. The lowest BCUT2D eigenvalue weighted by atomic mass is 10.0. The fourth-order valence-electron chi connectivity index (χ4n) is 4.65. The third-order valence-corrected chi connectivity index (χ3v) is 8.66. The number of carbonyl (C=O) groups is 2. The number of hydrogen-bond donors (Lipinski definition) is 1. The van der Waals surface area contributed by atoms with Crippen molar-refractivity contribution in [1.29, 1.82) is 0 Å². The summed E-state index contributed by atoms with van der Waals surface area (Å²) in [6, 6.07) is 11.4. The number of likely N-dealkylation sites (tertiary alicyclic amines) is 1. The van der Waals surface area contributed by atoms with Crippen LogP contribution in [0.1, 0.15) is 65.3 Å². The molecular weight excluding hydrogens is 438 g/mol. The van der Waals surface area contributed by atoms with Crippen LogP contribution in [-0.4, -0.2) is 55.1 Å². The normalized spacial score (nSPS) is 19.5. The van der Waals surface area contributed by atoms with Crippen LogP contribution in [0.5, 0.6) is 0 Å². The highest BCUT2D eigenvalue weighted by Crippen LogP contribution is 2.27. The van der Waals surface area contributed by atoms with Crippen molar-refractivity contribution in [2.24, 2.45) is 0 Å². The van der Waals surface area contributed by atoms with Gasteiger partial charge in [0.15, 0.2) is 0 Å². The van der Waals surface area contributed by atoms with Crippen molar-refractivity contribution in [3.63, 3.8) is 0 Å². The van der Waals surface area contributed by atoms with Gasteiger partial charge < -0.3 is 10.2 Å². The predicted molar refractivity (Wildman–Crippen MR) is 128 cm³/mol. The number of rotatable bonds is 5. The molecule has 2 fully saturated rings. The molecule has 2 aliphatic rings. The molecule has 1 unspecified atom stereocenters. The molecule has 7 nitrogen and oxygen atoms in total. The molecule has 0 aromatic heterocycles. The number of piperidine rings is 1. The Kier molecular flexibility index (Phi) is 6.86. The average Bonchev–Trinajstić information content (AvgIpc) is 3.35. The smallest absolute Gasteiger partial charge is 0.255 e. The predicted octanol–water partition coefficient (Wildman–Crippen LogP) is 4.05. The molecule has 2 aliphatic heterocycles. The van der Waals surface area contributed by atoms with Gasteiger partial charge in [0.25, 0.3) is 11.8 Å². The van der Waals surface area contributed by atoms with Crippen molar-refractivity contribution in [3.05, 3.63) is 59.2 Å². The molecule has 2 heterocycles. The highest BCUT2D eigenvalue weighted by atomic mass is 32.2. The zero-order valence-electron chi connectivity index (χ0n) is 19.2. The largest absolute Gasteiger partial charge is 0.339 e. The molecular formula is C25H31N3O4S. The van der Waals surface area contributed by atoms with E-state index in [4.69, 9.17) is 0 Å². The number of nitrogens with zero attached hydrogens (tertiary/aromatic N) is 2. The van der Waals surface area contributed by atoms with Crippen LogP contribution in [0, 0.1) is 6.92 Å². The summed E-state index contributed by atoms with van der Waals surface area (Å²) in [5, 5.41) is 2.86. The van der Waals surface area contributed by atoms with Gasteiger partial charge in [-0.3, -0.25) is 9.59 Å². The minimum absolute atomic E-state index is 0.0233. The quantitative estimate of drug-likeness (QED) is 0.716. The van der Waals surface area contributed by atoms with Crippen LogP contribution >= 0.6 is 0 Å². The third-order valence-electron chi connectivity index (χ3n) is 6.65. The minimum atomic E-state index is -3.67. The Morgan fingerprint density at radius 1 is 0.970 bits per heavy atom. The van der Waals surface area contributed by atoms with Crippen molar-refractivity contribution < 1.29 is 18.0 Å². The Labute approximate surface area is 195 Å². The fourth-order valence-corrected chi connectivity index (χ4v) is 6.40. The second-order valence-electron chi connectivity index (χ2n) is 8.92. The second kappa shape index (κ2) is 9.65. The van der Waals surface area contributed by atoms with Crippen LogP contribution in [0.3, 0.4) is 0 Å². The van der Waals surface area contributed by atoms with E-state index in [9.17, 15) is 18.0 Å². The summed E-state index contributed by atoms with van der Waals surface area (Å²) in [5.74, 6) is -0.433. The number of amides is 2. The standard InChI is InChI=1S/C25H31N3O4S/c1-18-9-3-4-16-28(18)33(31,32)21-11-7-10-20(17-21)24(29)26-23-13-8-12-22(19(23)2)25(30)27-14-5-6-15-27/h7-8,10-13,17-18H,3-6,9,14-16H2,1-2H3,(H,26,29). The summed E-state index contributed by atoms with van der Waals surface area (Å²) in [6.07, 6.45) is 4.72. The van der Waals surface area contributed by atoms with Crippen LogP contribution in [0.15, 0.2) is 47.4 Å². The van der Waals surface area contributed by atoms with Crippen molar-refractivity contribution >= 4 is 27.5 Å². The van der Waals surface area contributed by atoms with Crippen LogP contribution in [0.4, 0.5) is 5.69 Å². The number of benzene rings is 2. The first-order chi connectivity index (χ1) is 15.8. The summed E-state index contributed by atoms with van der Waals surface area (Å²) < 4.78 is 27.9. The molecule has 0 bridgehead atoms. The Morgan fingerprint density at radius 2 is 1.67 bits per heavy atom. The molecule has 0 saturated carbocycles. The van der Waals surface area contributed by atoms with E-state index in [0.717, 1.165) is 45.2 Å². The van der Waals surface area contributed by atoms with Crippen LogP contribution in [0.25, 0.3) is 0 Å². The Balaban J connectivity index is 1.55. The summed E-state index contributed by atoms with van der Waals surface area (Å²) in [5.41, 5.74) is 2.08. The highest BCUT2D eigenvalue weighted by molar-refractivity contribution is 7.89. The minimum Gasteiger partial charge on any atom is -0.339 e. The molecule has 1 atom stereocenters. The van der Waals surface area contributed by atoms with Crippen molar-refractivity contribution in [2.45, 2.75) is 56.9 Å². The van der Waals surface area contributed by atoms with Crippen LogP contribution in [-0.2, 0) is 10.0 Å². The maximum Gasteiger partial charge on any atom is 0.255 e. The maximum absolute atomic E-state index is 13.2. The zero-order chi connectivity index (χ0) is 23.6. The first kappa shape index (κ1) is 23.4. The van der Waals surface area contributed by atoms with Gasteiger partial charge in [-0.2, -0.15) is 4.31 Å². The Bertz CT molecular complexity index is 1160. The first-order valence-corrected chi connectivity index (χ1v) is 13.0. The lowest BCUT2D eigenvalue weighted by molar-refractivity contribution is 0.0791. The van der Waals surface area contributed by atoms with E-state index in [1.54, 1.807) is 30.3 Å². The van der Waals surface area contributed by atoms with Crippen LogP contribution < -0.4 is 5.32 Å². The summed E-state index contributed by atoms with van der Waals surface area (Å²) >= 11 is 0. The zero-order valence-corrected chi connectivity index (χ0v) is 20.0. The molecule has 2 amide bonds. The Hall–Kier alpha value is -2.71.